The molecule has 0 radical (unpaired) electrons. The lowest BCUT2D eigenvalue weighted by Gasteiger charge is -2.41. The van der Waals surface area contributed by atoms with E-state index in [1.54, 1.807) is 0 Å². The number of hydrogen-bond donors (Lipinski definition) is 5. The Morgan fingerprint density at radius 2 is 1.42 bits per heavy atom. The van der Waals surface area contributed by atoms with Crippen LogP contribution >= 0.6 is 21.6 Å². The Morgan fingerprint density at radius 3 is 1.50 bits per heavy atom. The van der Waals surface area contributed by atoms with E-state index in [4.69, 9.17) is 18.2 Å². The summed E-state index contributed by atoms with van der Waals surface area (Å²) in [4.78, 5) is 0. The van der Waals surface area contributed by atoms with Crippen molar-refractivity contribution in [2.75, 3.05) is 6.26 Å². The average molecular weight is 231 g/mol. The van der Waals surface area contributed by atoms with Gasteiger partial charge in [0.05, 0.1) is 0 Å². The second kappa shape index (κ2) is 3.21. The Morgan fingerprint density at radius 1 is 1.08 bits per heavy atom. The molecule has 0 spiro atoms. The van der Waals surface area contributed by atoms with Gasteiger partial charge in [-0.05, 0) is 10.8 Å². The van der Waals surface area contributed by atoms with Crippen molar-refractivity contribution < 1.29 is 31.4 Å². The molecule has 12 heavy (non-hydrogen) atoms. The zero-order valence-electron chi connectivity index (χ0n) is 5.74. The summed E-state index contributed by atoms with van der Waals surface area (Å²) >= 11 is 0. The highest BCUT2D eigenvalue weighted by molar-refractivity contribution is 8.37. The molecule has 0 aromatic heterocycles. The van der Waals surface area contributed by atoms with Gasteiger partial charge in [-0.25, -0.2) is 0 Å². The summed E-state index contributed by atoms with van der Waals surface area (Å²) in [6, 6.07) is 0. The van der Waals surface area contributed by atoms with Crippen LogP contribution in [-0.2, 0) is 0 Å². The van der Waals surface area contributed by atoms with Crippen LogP contribution in [-0.4, -0.2) is 30.0 Å². The van der Waals surface area contributed by atoms with Crippen molar-refractivity contribution >= 4 is 21.6 Å². The van der Waals surface area contributed by atoms with Crippen molar-refractivity contribution in [3.05, 3.63) is 0 Å². The van der Waals surface area contributed by atoms with Crippen molar-refractivity contribution in [2.45, 2.75) is 5.51 Å². The molecule has 0 bridgehead atoms. The second-order valence-electron chi connectivity index (χ2n) is 1.91. The maximum atomic E-state index is 11.6. The fourth-order valence-corrected chi connectivity index (χ4v) is 2.41. The van der Waals surface area contributed by atoms with Gasteiger partial charge in [0.25, 0.3) is 0 Å². The summed E-state index contributed by atoms with van der Waals surface area (Å²) in [7, 11) is -8.97. The predicted molar refractivity (Wildman–Crippen MR) is 40.8 cm³/mol. The molecular weight excluding hydrogens is 223 g/mol. The molecule has 0 saturated heterocycles. The van der Waals surface area contributed by atoms with Crippen LogP contribution in [0.15, 0.2) is 0 Å². The zero-order chi connectivity index (χ0) is 10.2. The van der Waals surface area contributed by atoms with Gasteiger partial charge in [-0.1, -0.05) is 0 Å². The summed E-state index contributed by atoms with van der Waals surface area (Å²) in [6.45, 7) is 0. The number of alkyl halides is 3. The van der Waals surface area contributed by atoms with Gasteiger partial charge in [-0.15, -0.1) is 14.9 Å². The van der Waals surface area contributed by atoms with E-state index < -0.39 is 27.1 Å². The molecular formula is C2H8F3NO4S2. The van der Waals surface area contributed by atoms with Crippen LogP contribution in [0.1, 0.15) is 0 Å². The minimum Gasteiger partial charge on any atom is -0.285 e. The molecule has 0 fully saturated rings. The summed E-state index contributed by atoms with van der Waals surface area (Å²) in [5.41, 5.74) is -5.31. The van der Waals surface area contributed by atoms with Crippen LogP contribution in [0.2, 0.25) is 0 Å². The molecule has 10 heteroatoms. The van der Waals surface area contributed by atoms with E-state index in [1.165, 1.54) is 0 Å². The smallest absolute Gasteiger partial charge is 0.285 e. The van der Waals surface area contributed by atoms with E-state index in [9.17, 15) is 13.2 Å². The lowest BCUT2D eigenvalue weighted by molar-refractivity contribution is -0.0534. The average Bonchev–Trinajstić information content (AvgIpc) is 1.52. The molecule has 5 nitrogen and oxygen atoms in total. The van der Waals surface area contributed by atoms with Crippen LogP contribution in [0.4, 0.5) is 13.2 Å². The molecule has 0 rings (SSSR count). The molecule has 0 aliphatic carbocycles. The molecule has 0 aromatic carbocycles. The van der Waals surface area contributed by atoms with Gasteiger partial charge in [0.15, 0.2) is 0 Å². The number of rotatable bonds is 2. The number of hydrogen-bond acceptors (Lipinski definition) is 5. The highest BCUT2D eigenvalue weighted by atomic mass is 32.3. The van der Waals surface area contributed by atoms with Crippen LogP contribution in [0.25, 0.3) is 0 Å². The Balaban J connectivity index is 4.44. The fraction of sp³-hybridized carbons (Fsp3) is 1.00. The Bertz CT molecular complexity index is 165. The van der Waals surface area contributed by atoms with Crippen molar-refractivity contribution in [1.29, 1.82) is 0 Å². The molecule has 0 aromatic rings. The van der Waals surface area contributed by atoms with Crippen LogP contribution in [0, 0.1) is 0 Å². The van der Waals surface area contributed by atoms with Gasteiger partial charge in [0.2, 0.25) is 0 Å². The molecule has 0 aliphatic rings. The van der Waals surface area contributed by atoms with Gasteiger partial charge >= 0.3 is 5.51 Å². The SMILES string of the molecule is CS(O)(O)NS(O)(O)C(F)(F)F. The van der Waals surface area contributed by atoms with Crippen molar-refractivity contribution in [2.24, 2.45) is 0 Å². The van der Waals surface area contributed by atoms with E-state index >= 15 is 0 Å². The van der Waals surface area contributed by atoms with Gasteiger partial charge in [0.1, 0.15) is 0 Å². The quantitative estimate of drug-likeness (QED) is 0.501. The normalized spacial score (nSPS) is 17.7. The summed E-state index contributed by atoms with van der Waals surface area (Å²) in [5.74, 6) is 0. The van der Waals surface area contributed by atoms with E-state index in [1.807, 2.05) is 0 Å². The monoisotopic (exact) mass is 231 g/mol. The predicted octanol–water partition coefficient (Wildman–Crippen LogP) is 2.06. The topological polar surface area (TPSA) is 93.0 Å². The zero-order valence-corrected chi connectivity index (χ0v) is 7.37. The molecule has 0 saturated carbocycles. The highest BCUT2D eigenvalue weighted by Crippen LogP contribution is 2.57. The van der Waals surface area contributed by atoms with Gasteiger partial charge in [-0.3, -0.25) is 18.2 Å². The van der Waals surface area contributed by atoms with Crippen molar-refractivity contribution in [3.8, 4) is 0 Å². The molecule has 0 atom stereocenters. The summed E-state index contributed by atoms with van der Waals surface area (Å²) in [5, 5.41) is 0. The van der Waals surface area contributed by atoms with Gasteiger partial charge in [0, 0.05) is 6.26 Å². The molecule has 0 aliphatic heterocycles. The first-order chi connectivity index (χ1) is 4.96. The van der Waals surface area contributed by atoms with E-state index in [0.29, 0.717) is 6.26 Å². The third kappa shape index (κ3) is 3.80. The minimum absolute atomic E-state index is 0.604. The van der Waals surface area contributed by atoms with Crippen molar-refractivity contribution in [1.82, 2.24) is 4.13 Å². The summed E-state index contributed by atoms with van der Waals surface area (Å²) in [6.07, 6.45) is 0.604. The first-order valence-electron chi connectivity index (χ1n) is 2.32. The highest BCUT2D eigenvalue weighted by Gasteiger charge is 2.47. The largest absolute Gasteiger partial charge is 0.511 e. The van der Waals surface area contributed by atoms with E-state index in [0.717, 1.165) is 4.13 Å². The van der Waals surface area contributed by atoms with E-state index in [-0.39, 0.29) is 0 Å². The fourth-order valence-electron chi connectivity index (χ4n) is 0.267. The maximum Gasteiger partial charge on any atom is 0.511 e. The third-order valence-corrected chi connectivity index (χ3v) is 3.43. The van der Waals surface area contributed by atoms with Gasteiger partial charge < -0.3 is 0 Å². The first kappa shape index (κ1) is 12.3. The van der Waals surface area contributed by atoms with Crippen LogP contribution < -0.4 is 4.13 Å². The minimum atomic E-state index is -5.31. The third-order valence-electron chi connectivity index (χ3n) is 0.597. The maximum absolute atomic E-state index is 11.6. The van der Waals surface area contributed by atoms with E-state index in [2.05, 4.69) is 0 Å². The summed E-state index contributed by atoms with van der Waals surface area (Å²) < 4.78 is 69.3. The molecule has 0 amide bonds. The Hall–Kier alpha value is 0.290. The second-order valence-corrected chi connectivity index (χ2v) is 5.81. The molecule has 5 N–H and O–H groups in total. The lowest BCUT2D eigenvalue weighted by Crippen LogP contribution is -2.33. The van der Waals surface area contributed by atoms with Crippen LogP contribution in [0.3, 0.4) is 0 Å². The van der Waals surface area contributed by atoms with Gasteiger partial charge in [-0.2, -0.15) is 13.2 Å². The van der Waals surface area contributed by atoms with Crippen LogP contribution in [0.5, 0.6) is 0 Å². The molecule has 78 valence electrons. The Kier molecular flexibility index (Phi) is 3.29. The number of nitrogens with one attached hydrogen (secondary N) is 1. The standard InChI is InChI=1S/C2H8F3NO4S2/c1-11(7,8)6-12(9,10)2(3,4)5/h6-10H,1H3. The molecule has 0 heterocycles. The van der Waals surface area contributed by atoms with Crippen molar-refractivity contribution in [3.63, 3.8) is 0 Å². The lowest BCUT2D eigenvalue weighted by atomic mass is 11.6. The molecule has 0 unspecified atom stereocenters. The Labute approximate surface area is 69.6 Å². The first-order valence-corrected chi connectivity index (χ1v) is 5.82. The number of halogens is 3.